The molecule has 1 heterocycles. The van der Waals surface area contributed by atoms with Gasteiger partial charge in [-0.05, 0) is 51.4 Å². The third-order valence-electron chi connectivity index (χ3n) is 4.37. The predicted molar refractivity (Wildman–Crippen MR) is 76.3 cm³/mol. The lowest BCUT2D eigenvalue weighted by Gasteiger charge is -2.34. The molecule has 1 saturated heterocycles. The number of carbonyl (C=O) groups is 2. The molecule has 2 aliphatic rings. The number of nitrogens with zero attached hydrogens (tertiary/aromatic N) is 1. The number of amides is 2. The quantitative estimate of drug-likeness (QED) is 0.844. The second-order valence-corrected chi connectivity index (χ2v) is 7.17. The normalized spacial score (nSPS) is 24.4. The van der Waals surface area contributed by atoms with E-state index in [1.165, 1.54) is 6.42 Å². The summed E-state index contributed by atoms with van der Waals surface area (Å²) < 4.78 is 5.40. The first-order valence-corrected chi connectivity index (χ1v) is 7.44. The average molecular weight is 282 g/mol. The molecular weight excluding hydrogens is 256 g/mol. The molecule has 2 rings (SSSR count). The van der Waals surface area contributed by atoms with Gasteiger partial charge in [-0.15, -0.1) is 0 Å². The Morgan fingerprint density at radius 2 is 1.90 bits per heavy atom. The summed E-state index contributed by atoms with van der Waals surface area (Å²) in [6, 6.07) is 0. The molecule has 2 amide bonds. The van der Waals surface area contributed by atoms with E-state index in [-0.39, 0.29) is 12.0 Å². The van der Waals surface area contributed by atoms with Gasteiger partial charge in [0.25, 0.3) is 0 Å². The Labute approximate surface area is 121 Å². The van der Waals surface area contributed by atoms with E-state index >= 15 is 0 Å². The first-order valence-electron chi connectivity index (χ1n) is 7.44. The number of likely N-dealkylation sites (tertiary alicyclic amines) is 1. The molecule has 0 aromatic heterocycles. The lowest BCUT2D eigenvalue weighted by atomic mass is 9.91. The first kappa shape index (κ1) is 15.1. The smallest absolute Gasteiger partial charge is 0.410 e. The molecule has 114 valence electrons. The number of hydrogen-bond donors (Lipinski definition) is 1. The molecule has 5 heteroatoms. The van der Waals surface area contributed by atoms with E-state index in [0.717, 1.165) is 32.5 Å². The van der Waals surface area contributed by atoms with Crippen molar-refractivity contribution in [1.29, 1.82) is 0 Å². The van der Waals surface area contributed by atoms with E-state index in [9.17, 15) is 9.59 Å². The molecule has 1 saturated carbocycles. The van der Waals surface area contributed by atoms with Crippen molar-refractivity contribution in [1.82, 2.24) is 10.2 Å². The summed E-state index contributed by atoms with van der Waals surface area (Å²) in [6.45, 7) is 9.54. The standard InChI is InChI=1S/C15H26N2O3/c1-11(18)16-10-12-9-15(12)5-7-17(8-6-15)13(19)20-14(2,3)4/h12H,5-10H2,1-4H3,(H,16,18). The highest BCUT2D eigenvalue weighted by atomic mass is 16.6. The van der Waals surface area contributed by atoms with Crippen LogP contribution in [0, 0.1) is 11.3 Å². The Kier molecular flexibility index (Phi) is 3.98. The van der Waals surface area contributed by atoms with Gasteiger partial charge in [-0.25, -0.2) is 4.79 Å². The summed E-state index contributed by atoms with van der Waals surface area (Å²) in [5, 5.41) is 2.90. The Hall–Kier alpha value is -1.26. The van der Waals surface area contributed by atoms with Gasteiger partial charge in [0.1, 0.15) is 5.60 Å². The zero-order chi connectivity index (χ0) is 15.0. The molecule has 20 heavy (non-hydrogen) atoms. The van der Waals surface area contributed by atoms with Crippen molar-refractivity contribution >= 4 is 12.0 Å². The van der Waals surface area contributed by atoms with Crippen molar-refractivity contribution in [2.75, 3.05) is 19.6 Å². The Morgan fingerprint density at radius 3 is 2.40 bits per heavy atom. The van der Waals surface area contributed by atoms with Crippen molar-refractivity contribution < 1.29 is 14.3 Å². The van der Waals surface area contributed by atoms with E-state index < -0.39 is 5.60 Å². The zero-order valence-electron chi connectivity index (χ0n) is 13.0. The summed E-state index contributed by atoms with van der Waals surface area (Å²) in [7, 11) is 0. The van der Waals surface area contributed by atoms with Crippen LogP contribution >= 0.6 is 0 Å². The summed E-state index contributed by atoms with van der Waals surface area (Å²) in [5.41, 5.74) is -0.0687. The largest absolute Gasteiger partial charge is 0.444 e. The van der Waals surface area contributed by atoms with Gasteiger partial charge < -0.3 is 15.0 Å². The molecule has 1 spiro atoms. The van der Waals surface area contributed by atoms with Crippen LogP contribution in [-0.4, -0.2) is 42.1 Å². The highest BCUT2D eigenvalue weighted by Crippen LogP contribution is 2.59. The second-order valence-electron chi connectivity index (χ2n) is 7.17. The molecule has 0 aromatic carbocycles. The maximum absolute atomic E-state index is 12.0. The van der Waals surface area contributed by atoms with Crippen molar-refractivity contribution in [3.63, 3.8) is 0 Å². The molecule has 1 aliphatic heterocycles. The number of rotatable bonds is 2. The van der Waals surface area contributed by atoms with Gasteiger partial charge in [-0.3, -0.25) is 4.79 Å². The fourth-order valence-electron chi connectivity index (χ4n) is 3.06. The zero-order valence-corrected chi connectivity index (χ0v) is 13.0. The Bertz CT molecular complexity index is 392. The number of piperidine rings is 1. The second kappa shape index (κ2) is 5.26. The third kappa shape index (κ3) is 3.64. The van der Waals surface area contributed by atoms with E-state index in [1.54, 1.807) is 6.92 Å². The molecule has 1 aliphatic carbocycles. The van der Waals surface area contributed by atoms with Crippen LogP contribution in [0.4, 0.5) is 4.79 Å². The van der Waals surface area contributed by atoms with Crippen LogP contribution in [0.1, 0.15) is 47.0 Å². The lowest BCUT2D eigenvalue weighted by Crippen LogP contribution is -2.42. The van der Waals surface area contributed by atoms with E-state index in [2.05, 4.69) is 5.32 Å². The molecule has 1 atom stereocenters. The maximum atomic E-state index is 12.0. The van der Waals surface area contributed by atoms with Crippen LogP contribution in [0.5, 0.6) is 0 Å². The number of hydrogen-bond acceptors (Lipinski definition) is 3. The summed E-state index contributed by atoms with van der Waals surface area (Å²) in [4.78, 5) is 24.7. The third-order valence-corrected chi connectivity index (χ3v) is 4.37. The molecule has 0 bridgehead atoms. The minimum Gasteiger partial charge on any atom is -0.444 e. The number of nitrogens with one attached hydrogen (secondary N) is 1. The predicted octanol–water partition coefficient (Wildman–Crippen LogP) is 2.16. The first-order chi connectivity index (χ1) is 9.22. The molecule has 0 aromatic rings. The molecule has 1 unspecified atom stereocenters. The topological polar surface area (TPSA) is 58.6 Å². The molecule has 5 nitrogen and oxygen atoms in total. The maximum Gasteiger partial charge on any atom is 0.410 e. The minimum atomic E-state index is -0.431. The average Bonchev–Trinajstić information content (AvgIpc) is 2.98. The van der Waals surface area contributed by atoms with E-state index in [4.69, 9.17) is 4.74 Å². The van der Waals surface area contributed by atoms with Gasteiger partial charge >= 0.3 is 6.09 Å². The number of carbonyl (C=O) groups excluding carboxylic acids is 2. The summed E-state index contributed by atoms with van der Waals surface area (Å²) in [6.07, 6.45) is 3.02. The van der Waals surface area contributed by atoms with Crippen LogP contribution in [0.25, 0.3) is 0 Å². The highest BCUT2D eigenvalue weighted by molar-refractivity contribution is 5.72. The fourth-order valence-corrected chi connectivity index (χ4v) is 3.06. The molecule has 0 radical (unpaired) electrons. The van der Waals surface area contributed by atoms with Crippen LogP contribution in [-0.2, 0) is 9.53 Å². The fraction of sp³-hybridized carbons (Fsp3) is 0.867. The van der Waals surface area contributed by atoms with Crippen molar-refractivity contribution in [2.45, 2.75) is 52.6 Å². The summed E-state index contributed by atoms with van der Waals surface area (Å²) in [5.74, 6) is 0.630. The van der Waals surface area contributed by atoms with Crippen molar-refractivity contribution in [2.24, 2.45) is 11.3 Å². The molecule has 2 fully saturated rings. The minimum absolute atomic E-state index is 0.0400. The van der Waals surface area contributed by atoms with E-state index in [0.29, 0.717) is 11.3 Å². The molecule has 1 N–H and O–H groups in total. The van der Waals surface area contributed by atoms with Crippen LogP contribution in [0.3, 0.4) is 0 Å². The van der Waals surface area contributed by atoms with Crippen LogP contribution in [0.2, 0.25) is 0 Å². The van der Waals surface area contributed by atoms with Gasteiger partial charge in [0.15, 0.2) is 0 Å². The van der Waals surface area contributed by atoms with Gasteiger partial charge in [-0.1, -0.05) is 0 Å². The van der Waals surface area contributed by atoms with Crippen LogP contribution in [0.15, 0.2) is 0 Å². The van der Waals surface area contributed by atoms with Crippen molar-refractivity contribution in [3.05, 3.63) is 0 Å². The van der Waals surface area contributed by atoms with Gasteiger partial charge in [0.05, 0.1) is 0 Å². The van der Waals surface area contributed by atoms with Crippen LogP contribution < -0.4 is 5.32 Å². The Morgan fingerprint density at radius 1 is 1.30 bits per heavy atom. The van der Waals surface area contributed by atoms with E-state index in [1.807, 2.05) is 25.7 Å². The highest BCUT2D eigenvalue weighted by Gasteiger charge is 2.54. The van der Waals surface area contributed by atoms with Gasteiger partial charge in [0.2, 0.25) is 5.91 Å². The Balaban J connectivity index is 1.76. The summed E-state index contributed by atoms with van der Waals surface area (Å²) >= 11 is 0. The van der Waals surface area contributed by atoms with Crippen molar-refractivity contribution in [3.8, 4) is 0 Å². The molecular formula is C15H26N2O3. The SMILES string of the molecule is CC(=O)NCC1CC12CCN(C(=O)OC(C)(C)C)CC2. The monoisotopic (exact) mass is 282 g/mol. The number of ether oxygens (including phenoxy) is 1. The van der Waals surface area contributed by atoms with Gasteiger partial charge in [0, 0.05) is 26.6 Å². The van der Waals surface area contributed by atoms with Gasteiger partial charge in [-0.2, -0.15) is 0 Å². The lowest BCUT2D eigenvalue weighted by molar-refractivity contribution is -0.119.